The predicted molar refractivity (Wildman–Crippen MR) is 208 cm³/mol. The third kappa shape index (κ3) is 16.5. The van der Waals surface area contributed by atoms with Crippen LogP contribution in [0.5, 0.6) is 0 Å². The van der Waals surface area contributed by atoms with E-state index in [1.807, 2.05) is 44.9 Å². The molecule has 51 heavy (non-hydrogen) atoms. The van der Waals surface area contributed by atoms with Crippen LogP contribution in [0.3, 0.4) is 0 Å². The molecule has 290 valence electrons. The van der Waals surface area contributed by atoms with Gasteiger partial charge in [-0.3, -0.25) is 44.6 Å². The van der Waals surface area contributed by atoms with E-state index < -0.39 is 11.2 Å². The Morgan fingerprint density at radius 3 is 1.92 bits per heavy atom. The maximum absolute atomic E-state index is 12.6. The molecular weight excluding hydrogens is 693 g/mol. The van der Waals surface area contributed by atoms with Gasteiger partial charge in [-0.2, -0.15) is 0 Å². The molecule has 2 atom stereocenters. The van der Waals surface area contributed by atoms with Crippen LogP contribution >= 0.6 is 21.6 Å². The molecule has 0 bridgehead atoms. The Kier molecular flexibility index (Phi) is 21.3. The van der Waals surface area contributed by atoms with E-state index >= 15 is 0 Å². The summed E-state index contributed by atoms with van der Waals surface area (Å²) in [7, 11) is 10.9. The van der Waals surface area contributed by atoms with E-state index in [-0.39, 0.29) is 35.6 Å². The molecule has 1 rings (SSSR count). The molecule has 1 heterocycles. The lowest BCUT2D eigenvalue weighted by Crippen LogP contribution is -2.81. The molecule has 0 saturated carbocycles. The Bertz CT molecular complexity index is 1190. The number of likely N-dealkylation sites (tertiary alicyclic amines) is 1. The van der Waals surface area contributed by atoms with Crippen LogP contribution in [-0.4, -0.2) is 157 Å². The van der Waals surface area contributed by atoms with Crippen molar-refractivity contribution >= 4 is 51.1 Å². The molecule has 0 aliphatic carbocycles. The van der Waals surface area contributed by atoms with Crippen molar-refractivity contribution in [1.82, 2.24) is 51.5 Å². The van der Waals surface area contributed by atoms with E-state index in [2.05, 4.69) is 63.3 Å². The van der Waals surface area contributed by atoms with Crippen LogP contribution in [0.4, 0.5) is 0 Å². The largest absolute Gasteiger partial charge is 0.355 e. The summed E-state index contributed by atoms with van der Waals surface area (Å²) in [5, 5.41) is 12.2. The van der Waals surface area contributed by atoms with Crippen molar-refractivity contribution in [2.75, 3.05) is 85.6 Å². The highest BCUT2D eigenvalue weighted by atomic mass is 33.1. The molecule has 1 aliphatic rings. The second kappa shape index (κ2) is 23.6. The normalized spacial score (nSPS) is 17.5. The molecule has 1 saturated heterocycles. The van der Waals surface area contributed by atoms with E-state index in [1.165, 1.54) is 18.2 Å². The van der Waals surface area contributed by atoms with E-state index in [1.54, 1.807) is 33.6 Å². The minimum atomic E-state index is -0.420. The summed E-state index contributed by atoms with van der Waals surface area (Å²) in [6, 6.07) is 0.207. The minimum absolute atomic E-state index is 0.0404. The van der Waals surface area contributed by atoms with E-state index in [0.29, 0.717) is 52.1 Å². The molecule has 0 aromatic rings. The zero-order chi connectivity index (χ0) is 38.6. The van der Waals surface area contributed by atoms with Crippen LogP contribution in [-0.2, 0) is 24.0 Å². The molecule has 1 fully saturated rings. The number of carbonyl (C=O) groups excluding carboxylic acids is 5. The minimum Gasteiger partial charge on any atom is -0.355 e. The van der Waals surface area contributed by atoms with Gasteiger partial charge in [-0.1, -0.05) is 41.3 Å². The Hall–Kier alpha value is -2.93. The summed E-state index contributed by atoms with van der Waals surface area (Å²) in [4.78, 5) is 66.8. The highest BCUT2D eigenvalue weighted by Gasteiger charge is 2.53. The van der Waals surface area contributed by atoms with Crippen LogP contribution in [0.15, 0.2) is 38.0 Å². The summed E-state index contributed by atoms with van der Waals surface area (Å²) in [6.07, 6.45) is 5.69. The smallest absolute Gasteiger partial charge is 0.257 e. The van der Waals surface area contributed by atoms with Gasteiger partial charge in [-0.05, 0) is 65.9 Å². The van der Waals surface area contributed by atoms with Crippen LogP contribution in [0.25, 0.3) is 0 Å². The molecular formula is C34H62N10O5S2. The van der Waals surface area contributed by atoms with E-state index in [4.69, 9.17) is 0 Å². The number of hydrogen-bond donors (Lipinski definition) is 5. The number of amides is 5. The van der Waals surface area contributed by atoms with Crippen molar-refractivity contribution < 1.29 is 24.0 Å². The van der Waals surface area contributed by atoms with Gasteiger partial charge in [-0.15, -0.1) is 0 Å². The van der Waals surface area contributed by atoms with Gasteiger partial charge in [0, 0.05) is 83.3 Å². The first kappa shape index (κ1) is 46.1. The Balaban J connectivity index is 2.39. The quantitative estimate of drug-likeness (QED) is 0.0264. The number of nitrogens with one attached hydrogen (secondary N) is 5. The zero-order valence-corrected chi connectivity index (χ0v) is 33.3. The topological polar surface area (TPSA) is 162 Å². The van der Waals surface area contributed by atoms with Gasteiger partial charge in [0.05, 0.1) is 12.7 Å². The molecule has 5 amide bonds. The van der Waals surface area contributed by atoms with Gasteiger partial charge in [-0.25, -0.2) is 10.0 Å². The van der Waals surface area contributed by atoms with Crippen molar-refractivity contribution in [3.8, 4) is 0 Å². The Morgan fingerprint density at radius 1 is 0.824 bits per heavy atom. The maximum atomic E-state index is 12.6. The van der Waals surface area contributed by atoms with Crippen LogP contribution in [0.2, 0.25) is 0 Å². The van der Waals surface area contributed by atoms with Crippen molar-refractivity contribution in [3.63, 3.8) is 0 Å². The standard InChI is InChI=1S/C34H62N10O5S2/c1-11-28(45)37-26-43(20-14-21-44-25-27(40(7)8)34(44,6)42(10)39-30(47)13-3)22-16-32(49)36-19-24-51-50-23-18-35-31(48)15-17-33(4,5)41(9)38-29(46)12-2/h11-13,27H,1-3,14-26H2,4-10H3,(H,35,48)(H,36,49)(H,37,45)(H,38,46)(H,39,47). The molecule has 0 radical (unpaired) electrons. The first-order chi connectivity index (χ1) is 24.0. The summed E-state index contributed by atoms with van der Waals surface area (Å²) < 4.78 is 0. The van der Waals surface area contributed by atoms with Crippen LogP contribution in [0.1, 0.15) is 46.5 Å². The van der Waals surface area contributed by atoms with Crippen molar-refractivity contribution in [3.05, 3.63) is 38.0 Å². The first-order valence-electron chi connectivity index (χ1n) is 17.2. The maximum Gasteiger partial charge on any atom is 0.257 e. The van der Waals surface area contributed by atoms with E-state index in [0.717, 1.165) is 31.0 Å². The highest BCUT2D eigenvalue weighted by molar-refractivity contribution is 8.76. The van der Waals surface area contributed by atoms with Crippen molar-refractivity contribution in [2.45, 2.75) is 63.7 Å². The second-order valence-corrected chi connectivity index (χ2v) is 16.0. The van der Waals surface area contributed by atoms with Crippen molar-refractivity contribution in [1.29, 1.82) is 0 Å². The number of carbonyl (C=O) groups is 5. The number of nitrogens with zero attached hydrogens (tertiary/aromatic N) is 5. The van der Waals surface area contributed by atoms with Gasteiger partial charge >= 0.3 is 0 Å². The van der Waals surface area contributed by atoms with Gasteiger partial charge in [0.2, 0.25) is 17.7 Å². The lowest BCUT2D eigenvalue weighted by Gasteiger charge is -2.62. The molecule has 0 spiro atoms. The van der Waals surface area contributed by atoms with Gasteiger partial charge in [0.25, 0.3) is 11.8 Å². The summed E-state index contributed by atoms with van der Waals surface area (Å²) in [6.45, 7) is 20.7. The average Bonchev–Trinajstić information content (AvgIpc) is 3.09. The fraction of sp³-hybridized carbons (Fsp3) is 0.676. The van der Waals surface area contributed by atoms with Crippen LogP contribution in [0, 0.1) is 0 Å². The van der Waals surface area contributed by atoms with Gasteiger partial charge in [0.15, 0.2) is 0 Å². The Labute approximate surface area is 313 Å². The molecule has 1 aliphatic heterocycles. The number of hydrazine groups is 2. The monoisotopic (exact) mass is 754 g/mol. The number of hydrogen-bond acceptors (Lipinski definition) is 12. The molecule has 0 aromatic carbocycles. The Morgan fingerprint density at radius 2 is 1.37 bits per heavy atom. The van der Waals surface area contributed by atoms with Gasteiger partial charge < -0.3 is 20.9 Å². The summed E-state index contributed by atoms with van der Waals surface area (Å²) in [5.41, 5.74) is 4.76. The van der Waals surface area contributed by atoms with Crippen molar-refractivity contribution in [2.24, 2.45) is 0 Å². The number of rotatable bonds is 27. The SMILES string of the molecule is C=CC(=O)NCN(CCCN1CC(N(C)C)C1(C)N(C)NC(=O)C=C)CCC(=O)NCCSSCCNC(=O)CCC(C)(C)N(C)NC(=O)C=C. The number of likely N-dealkylation sites (N-methyl/N-ethyl adjacent to an activating group) is 2. The molecule has 5 N–H and O–H groups in total. The summed E-state index contributed by atoms with van der Waals surface area (Å²) in [5.74, 6) is 0.530. The average molecular weight is 755 g/mol. The third-order valence-corrected chi connectivity index (χ3v) is 11.5. The molecule has 17 heteroatoms. The molecule has 2 unspecified atom stereocenters. The highest BCUT2D eigenvalue weighted by Crippen LogP contribution is 2.35. The predicted octanol–water partition coefficient (Wildman–Crippen LogP) is 0.761. The fourth-order valence-corrected chi connectivity index (χ4v) is 7.19. The lowest BCUT2D eigenvalue weighted by molar-refractivity contribution is -0.187. The van der Waals surface area contributed by atoms with Gasteiger partial charge in [0.1, 0.15) is 5.66 Å². The second-order valence-electron chi connectivity index (χ2n) is 13.3. The lowest BCUT2D eigenvalue weighted by atomic mass is 9.87. The first-order valence-corrected chi connectivity index (χ1v) is 19.7. The van der Waals surface area contributed by atoms with Crippen LogP contribution < -0.4 is 26.8 Å². The molecule has 15 nitrogen and oxygen atoms in total. The zero-order valence-electron chi connectivity index (χ0n) is 31.7. The van der Waals surface area contributed by atoms with E-state index in [9.17, 15) is 24.0 Å². The third-order valence-electron chi connectivity index (χ3n) is 9.08. The summed E-state index contributed by atoms with van der Waals surface area (Å²) >= 11 is 0. The fourth-order valence-electron chi connectivity index (χ4n) is 5.38. The molecule has 0 aromatic heterocycles.